The van der Waals surface area contributed by atoms with Gasteiger partial charge in [-0.25, -0.2) is 4.79 Å². The Morgan fingerprint density at radius 1 is 1.11 bits per heavy atom. The lowest BCUT2D eigenvalue weighted by Gasteiger charge is -2.25. The molecule has 1 saturated heterocycles. The first kappa shape index (κ1) is 23.9. The van der Waals surface area contributed by atoms with Gasteiger partial charge in [0.25, 0.3) is 11.8 Å². The Balaban J connectivity index is 1.37. The third-order valence-corrected chi connectivity index (χ3v) is 5.55. The first-order valence-electron chi connectivity index (χ1n) is 10.5. The van der Waals surface area contributed by atoms with Gasteiger partial charge in [-0.15, -0.1) is 0 Å². The fourth-order valence-electron chi connectivity index (χ4n) is 3.69. The molecule has 0 bridgehead atoms. The standard InChI is InChI=1S/C23H19F3N4O5/c1-2-22(15-6-4-3-5-7-15)20(32)30(21(33)28-22)12-18(31)34-13-17-27-19(29-35-17)14-8-10-16(11-9-14)23(24,25)26/h3-11H,2,12-13H2,1H3,(H,28,33). The van der Waals surface area contributed by atoms with Gasteiger partial charge < -0.3 is 14.6 Å². The molecular formula is C23H19F3N4O5. The number of alkyl halides is 3. The van der Waals surface area contributed by atoms with E-state index in [9.17, 15) is 27.6 Å². The lowest BCUT2D eigenvalue weighted by Crippen LogP contribution is -2.43. The van der Waals surface area contributed by atoms with E-state index in [1.165, 1.54) is 12.1 Å². The fraction of sp³-hybridized carbons (Fsp3) is 0.261. The van der Waals surface area contributed by atoms with Gasteiger partial charge in [0.15, 0.2) is 6.61 Å². The maximum Gasteiger partial charge on any atom is 0.416 e. The van der Waals surface area contributed by atoms with Crippen LogP contribution >= 0.6 is 0 Å². The summed E-state index contributed by atoms with van der Waals surface area (Å²) in [6.07, 6.45) is -4.19. The summed E-state index contributed by atoms with van der Waals surface area (Å²) in [7, 11) is 0. The van der Waals surface area contributed by atoms with E-state index in [1.54, 1.807) is 37.3 Å². The van der Waals surface area contributed by atoms with E-state index < -0.39 is 48.3 Å². The first-order chi connectivity index (χ1) is 16.6. The largest absolute Gasteiger partial charge is 0.454 e. The predicted octanol–water partition coefficient (Wildman–Crippen LogP) is 3.66. The molecule has 1 fully saturated rings. The molecule has 1 atom stereocenters. The quantitative estimate of drug-likeness (QED) is 0.399. The number of aromatic nitrogens is 2. The molecule has 3 aromatic rings. The highest BCUT2D eigenvalue weighted by atomic mass is 19.4. The number of amides is 3. The smallest absolute Gasteiger partial charge is 0.416 e. The molecular weight excluding hydrogens is 469 g/mol. The molecule has 4 rings (SSSR count). The lowest BCUT2D eigenvalue weighted by molar-refractivity contribution is -0.149. The number of nitrogens with zero attached hydrogens (tertiary/aromatic N) is 3. The summed E-state index contributed by atoms with van der Waals surface area (Å²) in [6, 6.07) is 12.1. The van der Waals surface area contributed by atoms with Crippen LogP contribution in [0, 0.1) is 0 Å². The number of ether oxygens (including phenoxy) is 1. The molecule has 0 aliphatic carbocycles. The number of imide groups is 1. The molecule has 0 radical (unpaired) electrons. The van der Waals surface area contributed by atoms with E-state index in [0.29, 0.717) is 5.56 Å². The molecule has 1 aromatic heterocycles. The third-order valence-electron chi connectivity index (χ3n) is 5.55. The van der Waals surface area contributed by atoms with E-state index in [4.69, 9.17) is 9.26 Å². The number of halogens is 3. The van der Waals surface area contributed by atoms with Crippen molar-refractivity contribution in [2.75, 3.05) is 6.54 Å². The average molecular weight is 488 g/mol. The van der Waals surface area contributed by atoms with Crippen molar-refractivity contribution in [2.45, 2.75) is 31.7 Å². The number of nitrogens with one attached hydrogen (secondary N) is 1. The normalized spacial score (nSPS) is 18.0. The van der Waals surface area contributed by atoms with E-state index in [2.05, 4.69) is 15.5 Å². The van der Waals surface area contributed by atoms with E-state index in [1.807, 2.05) is 0 Å². The zero-order valence-corrected chi connectivity index (χ0v) is 18.3. The van der Waals surface area contributed by atoms with Crippen LogP contribution in [-0.2, 0) is 32.6 Å². The molecule has 0 spiro atoms. The highest BCUT2D eigenvalue weighted by Gasteiger charge is 2.51. The Morgan fingerprint density at radius 3 is 2.43 bits per heavy atom. The molecule has 35 heavy (non-hydrogen) atoms. The summed E-state index contributed by atoms with van der Waals surface area (Å²) in [6.45, 7) is 0.670. The van der Waals surface area contributed by atoms with Gasteiger partial charge in [-0.2, -0.15) is 18.2 Å². The summed E-state index contributed by atoms with van der Waals surface area (Å²) in [5, 5.41) is 6.33. The van der Waals surface area contributed by atoms with Crippen LogP contribution < -0.4 is 5.32 Å². The Morgan fingerprint density at radius 2 is 1.80 bits per heavy atom. The number of hydrogen-bond acceptors (Lipinski definition) is 7. The molecule has 1 N–H and O–H groups in total. The number of benzene rings is 2. The number of hydrogen-bond donors (Lipinski definition) is 1. The Bertz CT molecular complexity index is 1240. The Hall–Kier alpha value is -4.22. The number of carbonyl (C=O) groups is 3. The van der Waals surface area contributed by atoms with E-state index in [0.717, 1.165) is 17.0 Å². The third kappa shape index (κ3) is 4.72. The number of esters is 1. The molecule has 0 saturated carbocycles. The molecule has 1 aliphatic heterocycles. The minimum atomic E-state index is -4.47. The van der Waals surface area contributed by atoms with Gasteiger partial charge in [0.05, 0.1) is 5.56 Å². The Kier molecular flexibility index (Phi) is 6.29. The molecule has 1 unspecified atom stereocenters. The molecule has 12 heteroatoms. The highest BCUT2D eigenvalue weighted by Crippen LogP contribution is 2.32. The maximum atomic E-state index is 13.0. The second-order valence-electron chi connectivity index (χ2n) is 7.69. The van der Waals surface area contributed by atoms with Crippen molar-refractivity contribution < 1.29 is 36.8 Å². The van der Waals surface area contributed by atoms with E-state index >= 15 is 0 Å². The van der Waals surface area contributed by atoms with Crippen molar-refractivity contribution >= 4 is 17.9 Å². The van der Waals surface area contributed by atoms with Crippen LogP contribution in [0.1, 0.15) is 30.4 Å². The lowest BCUT2D eigenvalue weighted by atomic mass is 9.87. The first-order valence-corrected chi connectivity index (χ1v) is 10.5. The topological polar surface area (TPSA) is 115 Å². The van der Waals surface area contributed by atoms with Gasteiger partial charge in [-0.3, -0.25) is 14.5 Å². The summed E-state index contributed by atoms with van der Waals surface area (Å²) < 4.78 is 48.1. The molecule has 182 valence electrons. The average Bonchev–Trinajstić information content (AvgIpc) is 3.42. The fourth-order valence-corrected chi connectivity index (χ4v) is 3.69. The minimum Gasteiger partial charge on any atom is -0.454 e. The van der Waals surface area contributed by atoms with Crippen LogP contribution in [-0.4, -0.2) is 39.5 Å². The Labute approximate surface area is 196 Å². The summed E-state index contributed by atoms with van der Waals surface area (Å²) in [5.41, 5.74) is -1.23. The van der Waals surface area contributed by atoms with E-state index in [-0.39, 0.29) is 23.7 Å². The zero-order chi connectivity index (χ0) is 25.2. The van der Waals surface area contributed by atoms with Gasteiger partial charge in [0.1, 0.15) is 12.1 Å². The monoisotopic (exact) mass is 488 g/mol. The maximum absolute atomic E-state index is 13.0. The summed E-state index contributed by atoms with van der Waals surface area (Å²) in [5.74, 6) is -1.56. The molecule has 3 amide bonds. The van der Waals surface area contributed by atoms with Crippen molar-refractivity contribution in [3.63, 3.8) is 0 Å². The summed E-state index contributed by atoms with van der Waals surface area (Å²) in [4.78, 5) is 42.6. The van der Waals surface area contributed by atoms with Gasteiger partial charge in [-0.1, -0.05) is 54.5 Å². The predicted molar refractivity (Wildman–Crippen MR) is 113 cm³/mol. The van der Waals surface area contributed by atoms with Crippen LogP contribution in [0.4, 0.5) is 18.0 Å². The number of rotatable bonds is 7. The highest BCUT2D eigenvalue weighted by molar-refractivity contribution is 6.09. The van der Waals surface area contributed by atoms with Crippen LogP contribution in [0.5, 0.6) is 0 Å². The molecule has 9 nitrogen and oxygen atoms in total. The van der Waals surface area contributed by atoms with Crippen molar-refractivity contribution in [3.05, 3.63) is 71.6 Å². The molecule has 1 aliphatic rings. The number of carbonyl (C=O) groups excluding carboxylic acids is 3. The number of urea groups is 1. The van der Waals surface area contributed by atoms with Gasteiger partial charge >= 0.3 is 18.2 Å². The van der Waals surface area contributed by atoms with Gasteiger partial charge in [0, 0.05) is 5.56 Å². The minimum absolute atomic E-state index is 0.00876. The van der Waals surface area contributed by atoms with Crippen molar-refractivity contribution in [3.8, 4) is 11.4 Å². The van der Waals surface area contributed by atoms with Crippen molar-refractivity contribution in [1.29, 1.82) is 0 Å². The SMILES string of the molecule is CCC1(c2ccccc2)NC(=O)N(CC(=O)OCc2nc(-c3ccc(C(F)(F)F)cc3)no2)C1=O. The van der Waals surface area contributed by atoms with Crippen LogP contribution in [0.2, 0.25) is 0 Å². The second kappa shape index (κ2) is 9.20. The van der Waals surface area contributed by atoms with Crippen LogP contribution in [0.25, 0.3) is 11.4 Å². The second-order valence-corrected chi connectivity index (χ2v) is 7.69. The zero-order valence-electron chi connectivity index (χ0n) is 18.3. The van der Waals surface area contributed by atoms with Crippen LogP contribution in [0.15, 0.2) is 59.1 Å². The van der Waals surface area contributed by atoms with Crippen molar-refractivity contribution in [1.82, 2.24) is 20.4 Å². The van der Waals surface area contributed by atoms with Gasteiger partial charge in [-0.05, 0) is 24.1 Å². The van der Waals surface area contributed by atoms with Crippen LogP contribution in [0.3, 0.4) is 0 Å². The molecule has 2 aromatic carbocycles. The van der Waals surface area contributed by atoms with Crippen molar-refractivity contribution in [2.24, 2.45) is 0 Å². The molecule has 2 heterocycles. The van der Waals surface area contributed by atoms with Gasteiger partial charge in [0.2, 0.25) is 5.82 Å². The summed E-state index contributed by atoms with van der Waals surface area (Å²) >= 11 is 0.